The van der Waals surface area contributed by atoms with Crippen molar-refractivity contribution in [2.24, 2.45) is 5.41 Å². The standard InChI is InChI=1S/C16H24BrNO2/c1-6-11-13-8-10(20-14(11)12(17)7-2)9-18(13)15(19)16(3,4)5/h6,10,13H,7-9H2,1-5H3/b11-6?,14-12-/t10-,13-/m0/s1. The second kappa shape index (κ2) is 5.55. The number of likely N-dealkylation sites (tertiary alicyclic amines) is 1. The molecule has 0 aromatic heterocycles. The zero-order valence-corrected chi connectivity index (χ0v) is 14.6. The maximum absolute atomic E-state index is 12.6. The fourth-order valence-corrected chi connectivity index (χ4v) is 3.25. The molecule has 0 N–H and O–H groups in total. The van der Waals surface area contributed by atoms with Crippen LogP contribution in [0.25, 0.3) is 0 Å². The summed E-state index contributed by atoms with van der Waals surface area (Å²) in [5.74, 6) is 1.15. The van der Waals surface area contributed by atoms with E-state index in [4.69, 9.17) is 4.74 Å². The van der Waals surface area contributed by atoms with Crippen molar-refractivity contribution < 1.29 is 9.53 Å². The summed E-state index contributed by atoms with van der Waals surface area (Å²) < 4.78 is 7.19. The van der Waals surface area contributed by atoms with E-state index in [0.29, 0.717) is 6.54 Å². The minimum absolute atomic E-state index is 0.129. The summed E-state index contributed by atoms with van der Waals surface area (Å²) >= 11 is 3.61. The van der Waals surface area contributed by atoms with Gasteiger partial charge in [-0.25, -0.2) is 0 Å². The van der Waals surface area contributed by atoms with Gasteiger partial charge in [-0.05, 0) is 13.3 Å². The van der Waals surface area contributed by atoms with Gasteiger partial charge in [0.2, 0.25) is 5.91 Å². The van der Waals surface area contributed by atoms with Gasteiger partial charge in [-0.3, -0.25) is 4.79 Å². The van der Waals surface area contributed by atoms with Crippen LogP contribution in [0.3, 0.4) is 0 Å². The molecule has 112 valence electrons. The van der Waals surface area contributed by atoms with E-state index in [1.54, 1.807) is 0 Å². The first-order valence-electron chi connectivity index (χ1n) is 7.32. The second-order valence-corrected chi connectivity index (χ2v) is 7.49. The van der Waals surface area contributed by atoms with Gasteiger partial charge in [0.05, 0.1) is 12.6 Å². The van der Waals surface area contributed by atoms with Gasteiger partial charge in [-0.15, -0.1) is 0 Å². The minimum Gasteiger partial charge on any atom is -0.487 e. The van der Waals surface area contributed by atoms with E-state index < -0.39 is 0 Å². The minimum atomic E-state index is -0.345. The lowest BCUT2D eigenvalue weighted by Gasteiger charge is -2.32. The first-order chi connectivity index (χ1) is 9.29. The molecule has 0 aromatic rings. The molecular formula is C16H24BrNO2. The molecule has 2 rings (SSSR count). The lowest BCUT2D eigenvalue weighted by Crippen LogP contribution is -2.43. The number of amides is 1. The average Bonchev–Trinajstić information content (AvgIpc) is 2.73. The van der Waals surface area contributed by atoms with Gasteiger partial charge in [0.1, 0.15) is 11.9 Å². The lowest BCUT2D eigenvalue weighted by molar-refractivity contribution is -0.139. The molecule has 0 spiro atoms. The normalized spacial score (nSPS) is 30.5. The molecule has 2 saturated heterocycles. The summed E-state index contributed by atoms with van der Waals surface area (Å²) in [5.41, 5.74) is 0.799. The smallest absolute Gasteiger partial charge is 0.228 e. The number of fused-ring (bicyclic) bond motifs is 2. The molecule has 2 heterocycles. The van der Waals surface area contributed by atoms with E-state index in [9.17, 15) is 4.79 Å². The van der Waals surface area contributed by atoms with Gasteiger partial charge in [-0.2, -0.15) is 0 Å². The van der Waals surface area contributed by atoms with Crippen molar-refractivity contribution >= 4 is 21.8 Å². The van der Waals surface area contributed by atoms with Crippen LogP contribution < -0.4 is 0 Å². The third-order valence-corrected chi connectivity index (χ3v) is 4.86. The topological polar surface area (TPSA) is 29.5 Å². The summed E-state index contributed by atoms with van der Waals surface area (Å²) in [6.07, 6.45) is 4.03. The van der Waals surface area contributed by atoms with Crippen LogP contribution in [0.5, 0.6) is 0 Å². The summed E-state index contributed by atoms with van der Waals surface area (Å²) in [6, 6.07) is 0.166. The number of halogens is 1. The number of allylic oxidation sites excluding steroid dienone is 2. The van der Waals surface area contributed by atoms with Crippen molar-refractivity contribution in [3.05, 3.63) is 21.9 Å². The second-order valence-electron chi connectivity index (χ2n) is 6.53. The van der Waals surface area contributed by atoms with E-state index in [1.807, 2.05) is 32.6 Å². The number of nitrogens with zero attached hydrogens (tertiary/aromatic N) is 1. The van der Waals surface area contributed by atoms with Crippen molar-refractivity contribution in [3.63, 3.8) is 0 Å². The molecule has 0 unspecified atom stereocenters. The first kappa shape index (κ1) is 15.6. The molecule has 1 amide bonds. The fourth-order valence-electron chi connectivity index (χ4n) is 2.92. The molecule has 0 saturated carbocycles. The number of carbonyl (C=O) groups is 1. The monoisotopic (exact) mass is 341 g/mol. The molecule has 2 bridgehead atoms. The van der Waals surface area contributed by atoms with Crippen molar-refractivity contribution in [2.75, 3.05) is 6.54 Å². The van der Waals surface area contributed by atoms with Crippen LogP contribution in [0, 0.1) is 5.41 Å². The Bertz CT molecular complexity index is 473. The number of rotatable bonds is 1. The van der Waals surface area contributed by atoms with Crippen molar-refractivity contribution in [1.29, 1.82) is 0 Å². The predicted molar refractivity (Wildman–Crippen MR) is 84.4 cm³/mol. The van der Waals surface area contributed by atoms with Crippen LogP contribution in [0.2, 0.25) is 0 Å². The number of ether oxygens (including phenoxy) is 1. The molecular weight excluding hydrogens is 318 g/mol. The van der Waals surface area contributed by atoms with Crippen LogP contribution in [0.15, 0.2) is 21.9 Å². The van der Waals surface area contributed by atoms with Crippen LogP contribution in [-0.4, -0.2) is 29.5 Å². The molecule has 0 radical (unpaired) electrons. The predicted octanol–water partition coefficient (Wildman–Crippen LogP) is 4.00. The molecule has 4 heteroatoms. The third kappa shape index (κ3) is 2.67. The highest BCUT2D eigenvalue weighted by atomic mass is 79.9. The van der Waals surface area contributed by atoms with Gasteiger partial charge in [0.25, 0.3) is 0 Å². The summed E-state index contributed by atoms with van der Waals surface area (Å²) in [4.78, 5) is 14.6. The van der Waals surface area contributed by atoms with E-state index in [1.165, 1.54) is 0 Å². The fraction of sp³-hybridized carbons (Fsp3) is 0.688. The van der Waals surface area contributed by atoms with Crippen molar-refractivity contribution in [1.82, 2.24) is 4.90 Å². The van der Waals surface area contributed by atoms with Gasteiger partial charge in [0.15, 0.2) is 0 Å². The SMILES string of the molecule is CC=C1/C(=C(/Br)CC)O[C@H]2C[C@@H]1N(C(=O)C(C)(C)C)C2. The number of hydrogen-bond acceptors (Lipinski definition) is 2. The average molecular weight is 342 g/mol. The zero-order chi connectivity index (χ0) is 15.1. The molecule has 2 aliphatic heterocycles. The first-order valence-corrected chi connectivity index (χ1v) is 8.11. The maximum Gasteiger partial charge on any atom is 0.228 e. The molecule has 2 atom stereocenters. The van der Waals surface area contributed by atoms with Crippen molar-refractivity contribution in [2.45, 2.75) is 59.6 Å². The highest BCUT2D eigenvalue weighted by molar-refractivity contribution is 9.11. The Morgan fingerprint density at radius 3 is 2.65 bits per heavy atom. The Hall–Kier alpha value is -0.770. The lowest BCUT2D eigenvalue weighted by atomic mass is 9.92. The van der Waals surface area contributed by atoms with Crippen molar-refractivity contribution in [3.8, 4) is 0 Å². The largest absolute Gasteiger partial charge is 0.487 e. The maximum atomic E-state index is 12.6. The number of carbonyl (C=O) groups excluding carboxylic acids is 1. The Morgan fingerprint density at radius 2 is 2.15 bits per heavy atom. The molecule has 2 aliphatic rings. The van der Waals surface area contributed by atoms with E-state index >= 15 is 0 Å². The zero-order valence-electron chi connectivity index (χ0n) is 13.0. The van der Waals surface area contributed by atoms with Gasteiger partial charge < -0.3 is 9.64 Å². The Kier molecular flexibility index (Phi) is 4.33. The van der Waals surface area contributed by atoms with Crippen LogP contribution in [0.4, 0.5) is 0 Å². The highest BCUT2D eigenvalue weighted by Gasteiger charge is 2.46. The number of hydrogen-bond donors (Lipinski definition) is 0. The van der Waals surface area contributed by atoms with Gasteiger partial charge in [-0.1, -0.05) is 49.7 Å². The van der Waals surface area contributed by atoms with E-state index in [0.717, 1.165) is 28.7 Å². The quantitative estimate of drug-likeness (QED) is 0.721. The summed E-state index contributed by atoms with van der Waals surface area (Å²) in [7, 11) is 0. The van der Waals surface area contributed by atoms with Crippen LogP contribution in [-0.2, 0) is 9.53 Å². The molecule has 0 aliphatic carbocycles. The summed E-state index contributed by atoms with van der Waals surface area (Å²) in [6.45, 7) is 10.8. The van der Waals surface area contributed by atoms with Crippen LogP contribution >= 0.6 is 15.9 Å². The van der Waals surface area contributed by atoms with Crippen LogP contribution in [0.1, 0.15) is 47.5 Å². The van der Waals surface area contributed by atoms with Gasteiger partial charge in [0, 0.05) is 21.9 Å². The summed E-state index contributed by atoms with van der Waals surface area (Å²) in [5, 5.41) is 0. The Morgan fingerprint density at radius 1 is 1.50 bits per heavy atom. The van der Waals surface area contributed by atoms with E-state index in [-0.39, 0.29) is 23.5 Å². The Labute approximate surface area is 130 Å². The molecule has 2 fully saturated rings. The molecule has 3 nitrogen and oxygen atoms in total. The highest BCUT2D eigenvalue weighted by Crippen LogP contribution is 2.41. The van der Waals surface area contributed by atoms with Gasteiger partial charge >= 0.3 is 0 Å². The third-order valence-electron chi connectivity index (χ3n) is 3.94. The molecule has 0 aromatic carbocycles. The molecule has 20 heavy (non-hydrogen) atoms. The Balaban J connectivity index is 2.36. The van der Waals surface area contributed by atoms with E-state index in [2.05, 4.69) is 28.9 Å².